The van der Waals surface area contributed by atoms with Gasteiger partial charge in [-0.15, -0.1) is 0 Å². The second kappa shape index (κ2) is 8.78. The Bertz CT molecular complexity index is 985. The summed E-state index contributed by atoms with van der Waals surface area (Å²) in [6.45, 7) is 1.50. The van der Waals surface area contributed by atoms with Gasteiger partial charge < -0.3 is 15.0 Å². The number of methoxy groups -OCH3 is 1. The number of anilines is 2. The summed E-state index contributed by atoms with van der Waals surface area (Å²) in [6.07, 6.45) is 6.28. The molecule has 0 saturated carbocycles. The number of aryl methyl sites for hydroxylation is 1. The summed E-state index contributed by atoms with van der Waals surface area (Å²) >= 11 is 0. The van der Waals surface area contributed by atoms with Gasteiger partial charge in [0.05, 0.1) is 18.4 Å². The van der Waals surface area contributed by atoms with E-state index in [2.05, 4.69) is 28.5 Å². The van der Waals surface area contributed by atoms with Gasteiger partial charge in [-0.1, -0.05) is 30.3 Å². The second-order valence-electron chi connectivity index (χ2n) is 7.18. The minimum absolute atomic E-state index is 0.00320. The number of pyridine rings is 1. The molecule has 5 heteroatoms. The lowest BCUT2D eigenvalue weighted by atomic mass is 10.0. The standard InChI is InChI=1S/C24H25N3O2/c1-29-22-10-8-18(9-11-22)12-13-26-21-15-20(16-25-17-21)24(28)27-14-4-6-19-5-2-3-7-23(19)27/h2-3,5,7-11,15-17,26H,4,6,12-14H2,1H3. The Hall–Kier alpha value is -3.34. The molecule has 0 atom stereocenters. The van der Waals surface area contributed by atoms with E-state index in [-0.39, 0.29) is 5.91 Å². The first kappa shape index (κ1) is 19.0. The SMILES string of the molecule is COc1ccc(CCNc2cncc(C(=O)N3CCCc4ccccc43)c2)cc1. The van der Waals surface area contributed by atoms with Crippen LogP contribution in [0.2, 0.25) is 0 Å². The Morgan fingerprint density at radius 3 is 2.79 bits per heavy atom. The number of fused-ring (bicyclic) bond motifs is 1. The molecule has 2 heterocycles. The predicted molar refractivity (Wildman–Crippen MR) is 116 cm³/mol. The number of nitrogens with one attached hydrogen (secondary N) is 1. The number of rotatable bonds is 6. The fourth-order valence-corrected chi connectivity index (χ4v) is 3.70. The molecule has 4 rings (SSSR count). The average Bonchev–Trinajstić information content (AvgIpc) is 2.79. The van der Waals surface area contributed by atoms with Crippen LogP contribution in [0.3, 0.4) is 0 Å². The molecule has 0 radical (unpaired) electrons. The zero-order valence-corrected chi connectivity index (χ0v) is 16.6. The topological polar surface area (TPSA) is 54.5 Å². The molecule has 0 unspecified atom stereocenters. The van der Waals surface area contributed by atoms with E-state index in [0.29, 0.717) is 5.56 Å². The fraction of sp³-hybridized carbons (Fsp3) is 0.250. The highest BCUT2D eigenvalue weighted by atomic mass is 16.5. The number of nitrogens with zero attached hydrogens (tertiary/aromatic N) is 2. The lowest BCUT2D eigenvalue weighted by Crippen LogP contribution is -2.35. The van der Waals surface area contributed by atoms with Crippen molar-refractivity contribution in [1.82, 2.24) is 4.98 Å². The third kappa shape index (κ3) is 4.40. The number of carbonyl (C=O) groups is 1. The van der Waals surface area contributed by atoms with Crippen LogP contribution in [-0.4, -0.2) is 31.1 Å². The highest BCUT2D eigenvalue weighted by molar-refractivity contribution is 6.07. The van der Waals surface area contributed by atoms with Gasteiger partial charge in [0.15, 0.2) is 0 Å². The number of benzene rings is 2. The molecular weight excluding hydrogens is 362 g/mol. The Morgan fingerprint density at radius 1 is 1.14 bits per heavy atom. The smallest absolute Gasteiger partial charge is 0.259 e. The zero-order valence-electron chi connectivity index (χ0n) is 16.6. The molecule has 1 aliphatic heterocycles. The molecule has 0 saturated heterocycles. The molecule has 3 aromatic rings. The molecule has 0 aliphatic carbocycles. The third-order valence-corrected chi connectivity index (χ3v) is 5.24. The molecule has 29 heavy (non-hydrogen) atoms. The summed E-state index contributed by atoms with van der Waals surface area (Å²) in [5.41, 5.74) is 4.93. The van der Waals surface area contributed by atoms with Crippen molar-refractivity contribution in [2.24, 2.45) is 0 Å². The Labute approximate surface area is 171 Å². The van der Waals surface area contributed by atoms with Gasteiger partial charge in [-0.05, 0) is 54.7 Å². The zero-order chi connectivity index (χ0) is 20.1. The van der Waals surface area contributed by atoms with Crippen LogP contribution in [0.4, 0.5) is 11.4 Å². The van der Waals surface area contributed by atoms with Crippen LogP contribution < -0.4 is 15.0 Å². The van der Waals surface area contributed by atoms with E-state index < -0.39 is 0 Å². The van der Waals surface area contributed by atoms with Crippen LogP contribution >= 0.6 is 0 Å². The van der Waals surface area contributed by atoms with Crippen LogP contribution in [0.25, 0.3) is 0 Å². The summed E-state index contributed by atoms with van der Waals surface area (Å²) in [6, 6.07) is 18.1. The highest BCUT2D eigenvalue weighted by Crippen LogP contribution is 2.28. The van der Waals surface area contributed by atoms with Crippen LogP contribution in [-0.2, 0) is 12.8 Å². The Balaban J connectivity index is 1.41. The van der Waals surface area contributed by atoms with Gasteiger partial charge >= 0.3 is 0 Å². The molecule has 0 fully saturated rings. The van der Waals surface area contributed by atoms with Crippen molar-refractivity contribution in [3.8, 4) is 5.75 Å². The molecule has 1 amide bonds. The maximum Gasteiger partial charge on any atom is 0.259 e. The number of ether oxygens (including phenoxy) is 1. The molecule has 1 aromatic heterocycles. The normalized spacial score (nSPS) is 12.9. The molecule has 0 spiro atoms. The predicted octanol–water partition coefficient (Wildman–Crippen LogP) is 4.34. The van der Waals surface area contributed by atoms with Crippen LogP contribution in [0.5, 0.6) is 5.75 Å². The number of aromatic nitrogens is 1. The van der Waals surface area contributed by atoms with Gasteiger partial charge in [-0.25, -0.2) is 0 Å². The average molecular weight is 387 g/mol. The maximum atomic E-state index is 13.1. The van der Waals surface area contributed by atoms with E-state index in [1.54, 1.807) is 19.5 Å². The van der Waals surface area contributed by atoms with Crippen LogP contribution in [0.15, 0.2) is 67.0 Å². The highest BCUT2D eigenvalue weighted by Gasteiger charge is 2.23. The van der Waals surface area contributed by atoms with Crippen molar-refractivity contribution < 1.29 is 9.53 Å². The summed E-state index contributed by atoms with van der Waals surface area (Å²) < 4.78 is 5.19. The summed E-state index contributed by atoms with van der Waals surface area (Å²) in [4.78, 5) is 19.3. The van der Waals surface area contributed by atoms with E-state index in [0.717, 1.165) is 49.5 Å². The minimum Gasteiger partial charge on any atom is -0.497 e. The summed E-state index contributed by atoms with van der Waals surface area (Å²) in [5.74, 6) is 0.861. The molecule has 1 N–H and O–H groups in total. The van der Waals surface area contributed by atoms with Gasteiger partial charge in [0.2, 0.25) is 0 Å². The largest absolute Gasteiger partial charge is 0.497 e. The molecule has 2 aromatic carbocycles. The fourth-order valence-electron chi connectivity index (χ4n) is 3.70. The van der Waals surface area contributed by atoms with E-state index in [1.165, 1.54) is 11.1 Å². The molecule has 5 nitrogen and oxygen atoms in total. The first-order valence-electron chi connectivity index (χ1n) is 9.96. The van der Waals surface area contributed by atoms with E-state index in [9.17, 15) is 4.79 Å². The van der Waals surface area contributed by atoms with Crippen molar-refractivity contribution in [3.63, 3.8) is 0 Å². The lowest BCUT2D eigenvalue weighted by Gasteiger charge is -2.29. The molecule has 0 bridgehead atoms. The monoisotopic (exact) mass is 387 g/mol. The summed E-state index contributed by atoms with van der Waals surface area (Å²) in [7, 11) is 1.67. The van der Waals surface area contributed by atoms with Crippen LogP contribution in [0, 0.1) is 0 Å². The number of hydrogen-bond donors (Lipinski definition) is 1. The number of carbonyl (C=O) groups excluding carboxylic acids is 1. The lowest BCUT2D eigenvalue weighted by molar-refractivity contribution is 0.0985. The first-order chi connectivity index (χ1) is 14.2. The number of hydrogen-bond acceptors (Lipinski definition) is 4. The Morgan fingerprint density at radius 2 is 1.97 bits per heavy atom. The quantitative estimate of drug-likeness (QED) is 0.684. The van der Waals surface area contributed by atoms with Crippen molar-refractivity contribution in [1.29, 1.82) is 0 Å². The summed E-state index contributed by atoms with van der Waals surface area (Å²) in [5, 5.41) is 3.37. The van der Waals surface area contributed by atoms with Crippen molar-refractivity contribution in [2.45, 2.75) is 19.3 Å². The van der Waals surface area contributed by atoms with Crippen molar-refractivity contribution in [3.05, 3.63) is 83.7 Å². The maximum absolute atomic E-state index is 13.1. The van der Waals surface area contributed by atoms with E-state index in [4.69, 9.17) is 4.74 Å². The van der Waals surface area contributed by atoms with E-state index in [1.807, 2.05) is 41.3 Å². The van der Waals surface area contributed by atoms with Gasteiger partial charge in [-0.3, -0.25) is 9.78 Å². The van der Waals surface area contributed by atoms with Gasteiger partial charge in [0.25, 0.3) is 5.91 Å². The van der Waals surface area contributed by atoms with Gasteiger partial charge in [-0.2, -0.15) is 0 Å². The number of amides is 1. The number of para-hydroxylation sites is 1. The van der Waals surface area contributed by atoms with Crippen LogP contribution in [0.1, 0.15) is 27.9 Å². The van der Waals surface area contributed by atoms with Gasteiger partial charge in [0, 0.05) is 31.2 Å². The molecule has 1 aliphatic rings. The second-order valence-corrected chi connectivity index (χ2v) is 7.18. The third-order valence-electron chi connectivity index (χ3n) is 5.24. The van der Waals surface area contributed by atoms with E-state index >= 15 is 0 Å². The first-order valence-corrected chi connectivity index (χ1v) is 9.96. The van der Waals surface area contributed by atoms with Gasteiger partial charge in [0.1, 0.15) is 5.75 Å². The molecular formula is C24H25N3O2. The minimum atomic E-state index is 0.00320. The van der Waals surface area contributed by atoms with Crippen molar-refractivity contribution in [2.75, 3.05) is 30.4 Å². The Kier molecular flexibility index (Phi) is 5.75. The molecule has 148 valence electrons. The van der Waals surface area contributed by atoms with Crippen molar-refractivity contribution >= 4 is 17.3 Å².